The van der Waals surface area contributed by atoms with Gasteiger partial charge in [0.05, 0.1) is 9.82 Å². The van der Waals surface area contributed by atoms with Gasteiger partial charge in [0.2, 0.25) is 9.84 Å². The Morgan fingerprint density at radius 2 is 2.00 bits per heavy atom. The third-order valence-electron chi connectivity index (χ3n) is 1.94. The lowest BCUT2D eigenvalue weighted by Gasteiger charge is -1.97. The highest BCUT2D eigenvalue weighted by Gasteiger charge is 2.23. The van der Waals surface area contributed by atoms with Crippen LogP contribution in [0.1, 0.15) is 5.56 Å². The van der Waals surface area contributed by atoms with E-state index in [0.717, 1.165) is 11.5 Å². The highest BCUT2D eigenvalue weighted by Crippen LogP contribution is 2.29. The Hall–Kier alpha value is -1.69. The Labute approximate surface area is 79.7 Å². The lowest BCUT2D eigenvalue weighted by atomic mass is 10.2. The summed E-state index contributed by atoms with van der Waals surface area (Å²) >= 11 is 0. The predicted molar refractivity (Wildman–Crippen MR) is 49.3 cm³/mol. The summed E-state index contributed by atoms with van der Waals surface area (Å²) in [6.07, 6.45) is 1.42. The van der Waals surface area contributed by atoms with Crippen molar-refractivity contribution in [3.05, 3.63) is 39.3 Å². The number of hydrogen-bond acceptors (Lipinski definition) is 4. The van der Waals surface area contributed by atoms with Crippen molar-refractivity contribution in [3.8, 4) is 0 Å². The third-order valence-corrected chi connectivity index (χ3v) is 3.40. The van der Waals surface area contributed by atoms with Gasteiger partial charge >= 0.3 is 0 Å². The van der Waals surface area contributed by atoms with Crippen LogP contribution in [0.5, 0.6) is 0 Å². The van der Waals surface area contributed by atoms with Crippen molar-refractivity contribution in [3.63, 3.8) is 0 Å². The van der Waals surface area contributed by atoms with Crippen LogP contribution in [0.15, 0.2) is 28.5 Å². The summed E-state index contributed by atoms with van der Waals surface area (Å²) < 4.78 is 22.6. The zero-order valence-corrected chi connectivity index (χ0v) is 7.69. The van der Waals surface area contributed by atoms with E-state index in [1.807, 2.05) is 0 Å². The van der Waals surface area contributed by atoms with Gasteiger partial charge in [-0.3, -0.25) is 10.1 Å². The number of nitrogens with zero attached hydrogens (tertiary/aromatic N) is 1. The van der Waals surface area contributed by atoms with Gasteiger partial charge in [-0.05, 0) is 17.7 Å². The lowest BCUT2D eigenvalue weighted by Crippen LogP contribution is -1.95. The Kier molecular flexibility index (Phi) is 1.68. The van der Waals surface area contributed by atoms with Gasteiger partial charge in [-0.2, -0.15) is 0 Å². The Bertz CT molecular complexity index is 544. The largest absolute Gasteiger partial charge is 0.270 e. The fourth-order valence-corrected chi connectivity index (χ4v) is 2.48. The van der Waals surface area contributed by atoms with Gasteiger partial charge in [0.25, 0.3) is 5.69 Å². The molecule has 72 valence electrons. The van der Waals surface area contributed by atoms with E-state index in [1.54, 1.807) is 0 Å². The van der Waals surface area contributed by atoms with E-state index >= 15 is 0 Å². The second kappa shape index (κ2) is 2.65. The molecule has 0 radical (unpaired) electrons. The first-order chi connectivity index (χ1) is 6.50. The fraction of sp³-hybridized carbons (Fsp3) is 0. The maximum atomic E-state index is 11.3. The summed E-state index contributed by atoms with van der Waals surface area (Å²) in [7, 11) is -3.45. The van der Waals surface area contributed by atoms with Crippen LogP contribution < -0.4 is 0 Å². The van der Waals surface area contributed by atoms with E-state index in [2.05, 4.69) is 0 Å². The third kappa shape index (κ3) is 1.20. The number of sulfone groups is 1. The van der Waals surface area contributed by atoms with Crippen molar-refractivity contribution in [1.29, 1.82) is 0 Å². The molecule has 2 rings (SSSR count). The number of fused-ring (bicyclic) bond motifs is 1. The smallest absolute Gasteiger partial charge is 0.258 e. The van der Waals surface area contributed by atoms with E-state index < -0.39 is 14.8 Å². The molecule has 1 aliphatic rings. The van der Waals surface area contributed by atoms with Crippen LogP contribution in [0.3, 0.4) is 0 Å². The molecule has 0 amide bonds. The van der Waals surface area contributed by atoms with Crippen LogP contribution in [-0.4, -0.2) is 13.3 Å². The molecule has 0 aliphatic carbocycles. The van der Waals surface area contributed by atoms with Gasteiger partial charge in [0, 0.05) is 17.5 Å². The van der Waals surface area contributed by atoms with Crippen LogP contribution in [0.25, 0.3) is 6.08 Å². The molecule has 0 bridgehead atoms. The number of hydrogen-bond donors (Lipinski definition) is 0. The zero-order chi connectivity index (χ0) is 10.3. The van der Waals surface area contributed by atoms with E-state index in [1.165, 1.54) is 18.2 Å². The van der Waals surface area contributed by atoms with Crippen molar-refractivity contribution < 1.29 is 13.3 Å². The molecule has 1 aromatic rings. The monoisotopic (exact) mass is 211 g/mol. The standard InChI is InChI=1S/C8H5NO4S/c10-9(11)7-2-1-6-3-4-14(12,13)8(6)5-7/h1-5H. The van der Waals surface area contributed by atoms with Gasteiger partial charge in [0.1, 0.15) is 0 Å². The second-order valence-electron chi connectivity index (χ2n) is 2.83. The molecule has 0 spiro atoms. The van der Waals surface area contributed by atoms with Gasteiger partial charge in [0.15, 0.2) is 0 Å². The second-order valence-corrected chi connectivity index (χ2v) is 4.63. The lowest BCUT2D eigenvalue weighted by molar-refractivity contribution is -0.385. The Balaban J connectivity index is 2.69. The van der Waals surface area contributed by atoms with E-state index in [-0.39, 0.29) is 10.6 Å². The number of benzene rings is 1. The first-order valence-electron chi connectivity index (χ1n) is 3.72. The molecule has 1 aliphatic heterocycles. The molecule has 1 aromatic carbocycles. The molecule has 5 nitrogen and oxygen atoms in total. The maximum absolute atomic E-state index is 11.3. The number of nitro benzene ring substituents is 1. The summed E-state index contributed by atoms with van der Waals surface area (Å²) in [5.74, 6) is 0. The van der Waals surface area contributed by atoms with Crippen molar-refractivity contribution >= 4 is 21.6 Å². The van der Waals surface area contributed by atoms with Crippen LogP contribution >= 0.6 is 0 Å². The number of nitro groups is 1. The minimum Gasteiger partial charge on any atom is -0.258 e. The predicted octanol–water partition coefficient (Wildman–Crippen LogP) is 1.35. The highest BCUT2D eigenvalue weighted by molar-refractivity contribution is 7.94. The fourth-order valence-electron chi connectivity index (χ4n) is 1.26. The quantitative estimate of drug-likeness (QED) is 0.519. The SMILES string of the molecule is O=[N+]([O-])c1ccc2c(c1)S(=O)(=O)C=C2. The molecule has 0 atom stereocenters. The summed E-state index contributed by atoms with van der Waals surface area (Å²) in [4.78, 5) is 9.79. The molecule has 0 N–H and O–H groups in total. The molecule has 1 heterocycles. The molecule has 0 fully saturated rings. The first-order valence-corrected chi connectivity index (χ1v) is 5.27. The van der Waals surface area contributed by atoms with Crippen LogP contribution in [0.2, 0.25) is 0 Å². The number of rotatable bonds is 1. The van der Waals surface area contributed by atoms with E-state index in [4.69, 9.17) is 0 Å². The maximum Gasteiger partial charge on any atom is 0.270 e. The first kappa shape index (κ1) is 8.89. The highest BCUT2D eigenvalue weighted by atomic mass is 32.2. The zero-order valence-electron chi connectivity index (χ0n) is 6.88. The van der Waals surface area contributed by atoms with Crippen LogP contribution in [0, 0.1) is 10.1 Å². The summed E-state index contributed by atoms with van der Waals surface area (Å²) in [6.45, 7) is 0. The van der Waals surface area contributed by atoms with Crippen LogP contribution in [-0.2, 0) is 9.84 Å². The summed E-state index contributed by atoms with van der Waals surface area (Å²) in [5.41, 5.74) is 0.284. The van der Waals surface area contributed by atoms with Gasteiger partial charge in [-0.1, -0.05) is 0 Å². The minimum absolute atomic E-state index is 0.00620. The molecule has 6 heteroatoms. The van der Waals surface area contributed by atoms with E-state index in [0.29, 0.717) is 5.56 Å². The van der Waals surface area contributed by atoms with Gasteiger partial charge < -0.3 is 0 Å². The van der Waals surface area contributed by atoms with Crippen molar-refractivity contribution in [2.24, 2.45) is 0 Å². The normalized spacial score (nSPS) is 16.6. The minimum atomic E-state index is -3.45. The molecule has 0 saturated heterocycles. The van der Waals surface area contributed by atoms with Crippen molar-refractivity contribution in [1.82, 2.24) is 0 Å². The molecule has 0 saturated carbocycles. The Morgan fingerprint density at radius 3 is 2.64 bits per heavy atom. The molecule has 0 unspecified atom stereocenters. The molecular weight excluding hydrogens is 206 g/mol. The topological polar surface area (TPSA) is 77.3 Å². The van der Waals surface area contributed by atoms with Crippen molar-refractivity contribution in [2.45, 2.75) is 4.90 Å². The van der Waals surface area contributed by atoms with Gasteiger partial charge in [-0.25, -0.2) is 8.42 Å². The average molecular weight is 211 g/mol. The molecule has 0 aromatic heterocycles. The Morgan fingerprint density at radius 1 is 1.29 bits per heavy atom. The van der Waals surface area contributed by atoms with E-state index in [9.17, 15) is 18.5 Å². The summed E-state index contributed by atoms with van der Waals surface area (Å²) in [5, 5.41) is 11.4. The van der Waals surface area contributed by atoms with Crippen molar-refractivity contribution in [2.75, 3.05) is 0 Å². The molecule has 14 heavy (non-hydrogen) atoms. The summed E-state index contributed by atoms with van der Waals surface area (Å²) in [6, 6.07) is 3.78. The van der Waals surface area contributed by atoms with Crippen LogP contribution in [0.4, 0.5) is 5.69 Å². The number of non-ortho nitro benzene ring substituents is 1. The molecular formula is C8H5NO4S. The average Bonchev–Trinajstić information content (AvgIpc) is 2.42. The van der Waals surface area contributed by atoms with Gasteiger partial charge in [-0.15, -0.1) is 0 Å².